The van der Waals surface area contributed by atoms with Crippen molar-refractivity contribution >= 4 is 6.47 Å². The van der Waals surface area contributed by atoms with Crippen molar-refractivity contribution in [2.75, 3.05) is 6.61 Å². The van der Waals surface area contributed by atoms with Gasteiger partial charge in [0.2, 0.25) is 0 Å². The Balaban J connectivity index is 2.40. The third kappa shape index (κ3) is 2.99. The first-order valence-electron chi connectivity index (χ1n) is 3.95. The molecule has 1 heterocycles. The van der Waals surface area contributed by atoms with Crippen LogP contribution in [-0.2, 0) is 22.4 Å². The van der Waals surface area contributed by atoms with E-state index in [1.165, 1.54) is 0 Å². The van der Waals surface area contributed by atoms with Crippen LogP contribution in [0.3, 0.4) is 0 Å². The number of nitriles is 1. The smallest absolute Gasteiger partial charge is 0.293 e. The molecule has 13 heavy (non-hydrogen) atoms. The predicted molar refractivity (Wildman–Crippen MR) is 45.8 cm³/mol. The normalized spacial score (nSPS) is 9.15. The molecule has 0 saturated heterocycles. The van der Waals surface area contributed by atoms with Gasteiger partial charge >= 0.3 is 0 Å². The van der Waals surface area contributed by atoms with Crippen LogP contribution in [0.15, 0.2) is 12.3 Å². The standard InChI is InChI=1S/C9H10N2O2/c10-3-1-8-5-9(11-6-8)2-4-13-7-12/h5-7,11H,1-2,4H2. The van der Waals surface area contributed by atoms with Crippen LogP contribution < -0.4 is 0 Å². The number of aromatic nitrogens is 1. The maximum atomic E-state index is 9.83. The van der Waals surface area contributed by atoms with Gasteiger partial charge in [0.05, 0.1) is 19.1 Å². The van der Waals surface area contributed by atoms with E-state index in [0.29, 0.717) is 25.9 Å². The third-order valence-electron chi connectivity index (χ3n) is 1.64. The molecule has 0 fully saturated rings. The molecule has 1 rings (SSSR count). The zero-order valence-corrected chi connectivity index (χ0v) is 7.12. The summed E-state index contributed by atoms with van der Waals surface area (Å²) in [7, 11) is 0. The molecule has 4 heteroatoms. The topological polar surface area (TPSA) is 65.9 Å². The first-order valence-corrected chi connectivity index (χ1v) is 3.95. The first-order chi connectivity index (χ1) is 6.36. The van der Waals surface area contributed by atoms with Crippen molar-refractivity contribution in [3.63, 3.8) is 0 Å². The Kier molecular flexibility index (Phi) is 3.58. The van der Waals surface area contributed by atoms with Crippen molar-refractivity contribution in [3.8, 4) is 6.07 Å². The molecule has 0 aliphatic rings. The molecule has 1 aromatic rings. The second-order valence-corrected chi connectivity index (χ2v) is 2.59. The van der Waals surface area contributed by atoms with Crippen molar-refractivity contribution < 1.29 is 9.53 Å². The molecule has 0 aliphatic heterocycles. The van der Waals surface area contributed by atoms with Gasteiger partial charge < -0.3 is 9.72 Å². The van der Waals surface area contributed by atoms with E-state index in [1.54, 1.807) is 6.20 Å². The van der Waals surface area contributed by atoms with Crippen LogP contribution in [0.1, 0.15) is 11.3 Å². The molecule has 0 unspecified atom stereocenters. The number of hydrogen-bond donors (Lipinski definition) is 1. The molecule has 0 radical (unpaired) electrons. The van der Waals surface area contributed by atoms with Crippen molar-refractivity contribution in [1.29, 1.82) is 5.26 Å². The van der Waals surface area contributed by atoms with Crippen molar-refractivity contribution in [3.05, 3.63) is 23.5 Å². The van der Waals surface area contributed by atoms with Crippen LogP contribution in [0, 0.1) is 11.3 Å². The van der Waals surface area contributed by atoms with Crippen LogP contribution in [0.4, 0.5) is 0 Å². The minimum Gasteiger partial charge on any atom is -0.467 e. The van der Waals surface area contributed by atoms with Gasteiger partial charge in [-0.05, 0) is 11.6 Å². The fourth-order valence-electron chi connectivity index (χ4n) is 1.05. The Bertz CT molecular complexity index is 312. The van der Waals surface area contributed by atoms with E-state index in [9.17, 15) is 4.79 Å². The molecule has 0 aliphatic carbocycles. The van der Waals surface area contributed by atoms with Crippen LogP contribution in [0.2, 0.25) is 0 Å². The average Bonchev–Trinajstić information content (AvgIpc) is 2.54. The van der Waals surface area contributed by atoms with Crippen LogP contribution >= 0.6 is 0 Å². The highest BCUT2D eigenvalue weighted by molar-refractivity contribution is 5.36. The molecule has 0 spiro atoms. The highest BCUT2D eigenvalue weighted by Gasteiger charge is 1.98. The Morgan fingerprint density at radius 3 is 3.23 bits per heavy atom. The summed E-state index contributed by atoms with van der Waals surface area (Å²) in [6.45, 7) is 0.801. The van der Waals surface area contributed by atoms with Gasteiger partial charge in [-0.25, -0.2) is 0 Å². The van der Waals surface area contributed by atoms with Gasteiger partial charge in [0.15, 0.2) is 0 Å². The number of rotatable bonds is 5. The van der Waals surface area contributed by atoms with Crippen molar-refractivity contribution in [2.45, 2.75) is 12.8 Å². The molecular weight excluding hydrogens is 168 g/mol. The Labute approximate surface area is 76.1 Å². The predicted octanol–water partition coefficient (Wildman–Crippen LogP) is 0.796. The average molecular weight is 178 g/mol. The lowest BCUT2D eigenvalue weighted by Gasteiger charge is -1.94. The number of carbonyl (C=O) groups is 1. The SMILES string of the molecule is N#CCc1c[nH]c(CCOC=O)c1. The number of carbonyl (C=O) groups excluding carboxylic acids is 1. The van der Waals surface area contributed by atoms with E-state index >= 15 is 0 Å². The number of H-pyrrole nitrogens is 1. The Hall–Kier alpha value is -1.76. The lowest BCUT2D eigenvalue weighted by Crippen LogP contribution is -1.96. The summed E-state index contributed by atoms with van der Waals surface area (Å²) in [5, 5.41) is 8.41. The highest BCUT2D eigenvalue weighted by Crippen LogP contribution is 2.04. The summed E-state index contributed by atoms with van der Waals surface area (Å²) < 4.78 is 4.54. The fraction of sp³-hybridized carbons (Fsp3) is 0.333. The second kappa shape index (κ2) is 4.99. The number of nitrogens with zero attached hydrogens (tertiary/aromatic N) is 1. The number of hydrogen-bond acceptors (Lipinski definition) is 3. The van der Waals surface area contributed by atoms with Gasteiger partial charge in [0.25, 0.3) is 6.47 Å². The number of ether oxygens (including phenoxy) is 1. The Morgan fingerprint density at radius 2 is 2.54 bits per heavy atom. The molecule has 0 bridgehead atoms. The largest absolute Gasteiger partial charge is 0.467 e. The van der Waals surface area contributed by atoms with Gasteiger partial charge in [0.1, 0.15) is 0 Å². The molecule has 0 atom stereocenters. The molecule has 0 aromatic carbocycles. The highest BCUT2D eigenvalue weighted by atomic mass is 16.5. The molecule has 1 N–H and O–H groups in total. The lowest BCUT2D eigenvalue weighted by molar-refractivity contribution is -0.128. The molecule has 0 amide bonds. The van der Waals surface area contributed by atoms with E-state index in [0.717, 1.165) is 11.3 Å². The monoisotopic (exact) mass is 178 g/mol. The van der Waals surface area contributed by atoms with E-state index in [-0.39, 0.29) is 0 Å². The summed E-state index contributed by atoms with van der Waals surface area (Å²) in [4.78, 5) is 12.8. The number of aromatic amines is 1. The maximum absolute atomic E-state index is 9.83. The summed E-state index contributed by atoms with van der Waals surface area (Å²) in [6, 6.07) is 3.96. The summed E-state index contributed by atoms with van der Waals surface area (Å²) in [5.41, 5.74) is 1.94. The van der Waals surface area contributed by atoms with Gasteiger partial charge in [-0.1, -0.05) is 0 Å². The fourth-order valence-corrected chi connectivity index (χ4v) is 1.05. The third-order valence-corrected chi connectivity index (χ3v) is 1.64. The summed E-state index contributed by atoms with van der Waals surface area (Å²) in [6.07, 6.45) is 2.86. The lowest BCUT2D eigenvalue weighted by atomic mass is 10.2. The zero-order valence-electron chi connectivity index (χ0n) is 7.12. The zero-order chi connectivity index (χ0) is 9.52. The van der Waals surface area contributed by atoms with Gasteiger partial charge in [-0.15, -0.1) is 0 Å². The van der Waals surface area contributed by atoms with Gasteiger partial charge in [-0.2, -0.15) is 5.26 Å². The molecule has 4 nitrogen and oxygen atoms in total. The molecule has 1 aromatic heterocycles. The number of nitrogens with one attached hydrogen (secondary N) is 1. The van der Waals surface area contributed by atoms with Gasteiger partial charge in [0, 0.05) is 18.3 Å². The quantitative estimate of drug-likeness (QED) is 0.535. The minimum atomic E-state index is 0.371. The summed E-state index contributed by atoms with van der Waals surface area (Å²) in [5.74, 6) is 0. The second-order valence-electron chi connectivity index (χ2n) is 2.59. The van der Waals surface area contributed by atoms with Crippen molar-refractivity contribution in [1.82, 2.24) is 4.98 Å². The first kappa shape index (κ1) is 9.33. The summed E-state index contributed by atoms with van der Waals surface area (Å²) >= 11 is 0. The van der Waals surface area contributed by atoms with E-state index < -0.39 is 0 Å². The van der Waals surface area contributed by atoms with Gasteiger partial charge in [-0.3, -0.25) is 4.79 Å². The molecular formula is C9H10N2O2. The van der Waals surface area contributed by atoms with Crippen molar-refractivity contribution in [2.24, 2.45) is 0 Å². The molecule has 0 saturated carbocycles. The van der Waals surface area contributed by atoms with Crippen LogP contribution in [0.5, 0.6) is 0 Å². The van der Waals surface area contributed by atoms with Crippen LogP contribution in [-0.4, -0.2) is 18.1 Å². The molecule has 68 valence electrons. The minimum absolute atomic E-state index is 0.371. The van der Waals surface area contributed by atoms with Crippen LogP contribution in [0.25, 0.3) is 0 Å². The van der Waals surface area contributed by atoms with E-state index in [4.69, 9.17) is 5.26 Å². The Morgan fingerprint density at radius 1 is 1.69 bits per heavy atom. The van der Waals surface area contributed by atoms with E-state index in [2.05, 4.69) is 15.8 Å². The maximum Gasteiger partial charge on any atom is 0.293 e. The van der Waals surface area contributed by atoms with E-state index in [1.807, 2.05) is 6.07 Å².